The number of aromatic nitrogens is 6. The molecule has 0 spiro atoms. The van der Waals surface area contributed by atoms with Crippen LogP contribution in [0.5, 0.6) is 23.0 Å². The number of likely N-dealkylation sites (tertiary alicyclic amines) is 2. The summed E-state index contributed by atoms with van der Waals surface area (Å²) < 4.78 is 21.3. The van der Waals surface area contributed by atoms with Crippen molar-refractivity contribution in [2.75, 3.05) is 64.8 Å². The summed E-state index contributed by atoms with van der Waals surface area (Å²) in [6.45, 7) is 9.06. The summed E-state index contributed by atoms with van der Waals surface area (Å²) in [6, 6.07) is 40.0. The average molecular weight is 1190 g/mol. The summed E-state index contributed by atoms with van der Waals surface area (Å²) in [4.78, 5) is 61.1. The fourth-order valence-electron chi connectivity index (χ4n) is 11.1. The molecular weight excluding hydrogens is 1110 g/mol. The molecule has 2 saturated carbocycles. The van der Waals surface area contributed by atoms with Crippen molar-refractivity contribution in [3.63, 3.8) is 0 Å². The van der Waals surface area contributed by atoms with Crippen molar-refractivity contribution in [2.24, 2.45) is 0 Å². The topological polar surface area (TPSA) is 273 Å². The quantitative estimate of drug-likeness (QED) is 0.0759. The number of carboxylic acid groups (broad SMARTS) is 1. The van der Waals surface area contributed by atoms with Crippen molar-refractivity contribution in [2.45, 2.75) is 89.1 Å². The van der Waals surface area contributed by atoms with Crippen molar-refractivity contribution < 1.29 is 33.7 Å². The Labute approximate surface area is 511 Å². The van der Waals surface area contributed by atoms with Crippen molar-refractivity contribution in [3.05, 3.63) is 158 Å². The number of likely N-dealkylation sites (N-methyl/N-ethyl adjacent to an activating group) is 2. The molecule has 21 nitrogen and oxygen atoms in total. The van der Waals surface area contributed by atoms with E-state index in [-0.39, 0.29) is 24.1 Å². The van der Waals surface area contributed by atoms with Crippen LogP contribution in [0.3, 0.4) is 0 Å². The number of carbonyl (C=O) groups excluding carboxylic acids is 2. The van der Waals surface area contributed by atoms with E-state index in [2.05, 4.69) is 48.9 Å². The van der Waals surface area contributed by atoms with Gasteiger partial charge in [0.25, 0.3) is 0 Å². The molecule has 0 unspecified atom stereocenters. The molecule has 21 heteroatoms. The number of amides is 2. The van der Waals surface area contributed by atoms with Gasteiger partial charge < -0.3 is 49.7 Å². The van der Waals surface area contributed by atoms with Crippen molar-refractivity contribution in [3.8, 4) is 57.4 Å². The largest absolute Gasteiger partial charge is 0.478 e. The maximum Gasteiger partial charge on any atom is 0.410 e. The third-order valence-corrected chi connectivity index (χ3v) is 15.7. The predicted molar refractivity (Wildman–Crippen MR) is 336 cm³/mol. The maximum absolute atomic E-state index is 12.9. The molecule has 4 aromatic carbocycles. The number of carbonyl (C=O) groups is 3. The minimum absolute atomic E-state index is 0.00923. The lowest BCUT2D eigenvalue weighted by Gasteiger charge is -2.24. The highest BCUT2D eigenvalue weighted by molar-refractivity contribution is 6.04. The molecule has 2 saturated heterocycles. The van der Waals surface area contributed by atoms with Gasteiger partial charge in [0.1, 0.15) is 87.7 Å². The van der Waals surface area contributed by atoms with Gasteiger partial charge in [-0.05, 0) is 133 Å². The van der Waals surface area contributed by atoms with Gasteiger partial charge in [0.15, 0.2) is 0 Å². The van der Waals surface area contributed by atoms with Gasteiger partial charge in [0, 0.05) is 74.6 Å². The molecule has 2 atom stereocenters. The third-order valence-electron chi connectivity index (χ3n) is 15.7. The third kappa shape index (κ3) is 14.6. The van der Waals surface area contributed by atoms with E-state index in [0.717, 1.165) is 35.7 Å². The number of nitrogens with zero attached hydrogens (tertiary/aromatic N) is 12. The van der Waals surface area contributed by atoms with E-state index in [1.54, 1.807) is 17.1 Å². The van der Waals surface area contributed by atoms with Crippen LogP contribution >= 0.6 is 0 Å². The molecule has 452 valence electrons. The lowest BCUT2D eigenvalue weighted by Crippen LogP contribution is -2.35. The lowest BCUT2D eigenvalue weighted by molar-refractivity contribution is -0.131. The van der Waals surface area contributed by atoms with E-state index < -0.39 is 11.6 Å². The average Bonchev–Trinajstić information content (AvgIpc) is 1.68. The molecule has 4 fully saturated rings. The van der Waals surface area contributed by atoms with Crippen molar-refractivity contribution in [1.29, 1.82) is 10.5 Å². The fraction of sp³-hybridized carbons (Fsp3) is 0.328. The monoisotopic (exact) mass is 1180 g/mol. The van der Waals surface area contributed by atoms with E-state index in [4.69, 9.17) is 30.8 Å². The summed E-state index contributed by atoms with van der Waals surface area (Å²) in [5.74, 6) is 2.56. The molecular formula is C67H72N14O7. The number of nitrogens with two attached hydrogens (primary N) is 2. The first-order valence-corrected chi connectivity index (χ1v) is 29.5. The molecule has 2 amide bonds. The molecule has 4 aliphatic rings. The Bertz CT molecular complexity index is 3930. The van der Waals surface area contributed by atoms with Crippen LogP contribution in [0.4, 0.5) is 16.4 Å². The maximum atomic E-state index is 12.9. The number of nitrogen functional groups attached to an aromatic ring is 2. The smallest absolute Gasteiger partial charge is 0.410 e. The van der Waals surface area contributed by atoms with Gasteiger partial charge in [-0.1, -0.05) is 72.8 Å². The number of para-hydroxylation sites is 2. The van der Waals surface area contributed by atoms with Crippen LogP contribution in [0, 0.1) is 22.7 Å². The number of fused-ring (bicyclic) bond motifs is 2. The standard InChI is InChI=1S/C31H31N7O2.C28H28N6O3.C8H13NO2/c1-36(22-11-12-22)16-5-8-27(39)37-17-15-23(19-37)38-26(18-32)28(29-30(33)34-20-35-31(29)38)21-9-13-25(14-10-21)40-24-6-3-2-4-7-24;1-28(2,3)37-27(35)33-14-13-19(16-33)34-22(15-29)23(24-25(30)31-17-32-26(24)34)18-9-11-21(12-10-18)36-20-7-5-4-6-8-20;1-9(7-4-5-7)6-2-3-8(10)11/h2-10,13-14,20,22-23H,11-12,15-17,19H2,1H3,(H2,33,34,35);4-12,17,19H,13-14,16H2,1-3H3,(H2,30,31,32);2-3,7H,4-6H2,1H3,(H,10,11)/b8-5+;;3-2+/t23-;19-;/m11./s1. The Morgan fingerprint density at radius 1 is 0.602 bits per heavy atom. The molecule has 8 aromatic rings. The van der Waals surface area contributed by atoms with Gasteiger partial charge in [-0.3, -0.25) is 14.6 Å². The SMILES string of the molecule is CC(C)(C)OC(=O)N1CC[C@@H](n2c(C#N)c(-c3ccc(Oc4ccccc4)cc3)c3c(N)ncnc32)C1.CN(C/C=C/C(=O)N1CC[C@@H](n2c(C#N)c(-c3ccc(Oc4ccccc4)cc3)c3c(N)ncnc32)C1)C1CC1.CN(C/C=C/C(=O)O)C1CC1. The second-order valence-electron chi connectivity index (χ2n) is 23.3. The number of ether oxygens (including phenoxy) is 3. The van der Waals surface area contributed by atoms with Crippen LogP contribution in [0.25, 0.3) is 44.3 Å². The van der Waals surface area contributed by atoms with Crippen LogP contribution in [0.1, 0.15) is 82.8 Å². The Morgan fingerprint density at radius 3 is 1.42 bits per heavy atom. The van der Waals surface area contributed by atoms with Gasteiger partial charge in [-0.2, -0.15) is 10.5 Å². The van der Waals surface area contributed by atoms with E-state index in [9.17, 15) is 24.9 Å². The second-order valence-corrected chi connectivity index (χ2v) is 23.3. The molecule has 2 aliphatic heterocycles. The first kappa shape index (κ1) is 61.0. The van der Waals surface area contributed by atoms with E-state index in [0.29, 0.717) is 119 Å². The lowest BCUT2D eigenvalue weighted by atomic mass is 10.0. The molecule has 4 aromatic heterocycles. The summed E-state index contributed by atoms with van der Waals surface area (Å²) in [5.41, 5.74) is 17.1. The van der Waals surface area contributed by atoms with E-state index in [1.807, 2.05) is 157 Å². The van der Waals surface area contributed by atoms with E-state index in [1.165, 1.54) is 44.4 Å². The van der Waals surface area contributed by atoms with Crippen LogP contribution < -0.4 is 20.9 Å². The Hall–Kier alpha value is -10.1. The summed E-state index contributed by atoms with van der Waals surface area (Å²) in [5, 5.41) is 30.2. The minimum Gasteiger partial charge on any atom is -0.478 e. The Kier molecular flexibility index (Phi) is 18.8. The number of nitriles is 2. The van der Waals surface area contributed by atoms with Crippen LogP contribution in [0.15, 0.2) is 146 Å². The highest BCUT2D eigenvalue weighted by atomic mass is 16.6. The van der Waals surface area contributed by atoms with Gasteiger partial charge in [0.2, 0.25) is 5.91 Å². The van der Waals surface area contributed by atoms with Crippen LogP contribution in [0.2, 0.25) is 0 Å². The van der Waals surface area contributed by atoms with Crippen molar-refractivity contribution >= 4 is 51.7 Å². The zero-order chi connectivity index (χ0) is 62.1. The van der Waals surface area contributed by atoms with Gasteiger partial charge in [-0.15, -0.1) is 0 Å². The Balaban J connectivity index is 0.000000166. The zero-order valence-corrected chi connectivity index (χ0v) is 50.1. The molecule has 0 radical (unpaired) electrons. The molecule has 0 bridgehead atoms. The fourth-order valence-corrected chi connectivity index (χ4v) is 11.1. The van der Waals surface area contributed by atoms with Crippen LogP contribution in [-0.4, -0.2) is 143 Å². The predicted octanol–water partition coefficient (Wildman–Crippen LogP) is 11.0. The number of hydrogen-bond donors (Lipinski definition) is 3. The van der Waals surface area contributed by atoms with Crippen molar-refractivity contribution in [1.82, 2.24) is 48.7 Å². The summed E-state index contributed by atoms with van der Waals surface area (Å²) >= 11 is 0. The summed E-state index contributed by atoms with van der Waals surface area (Å²) in [6.07, 6.45) is 15.3. The molecule has 5 N–H and O–H groups in total. The van der Waals surface area contributed by atoms with Gasteiger partial charge in [0.05, 0.1) is 22.9 Å². The number of hydrogen-bond acceptors (Lipinski definition) is 16. The Morgan fingerprint density at radius 2 is 1.01 bits per heavy atom. The summed E-state index contributed by atoms with van der Waals surface area (Å²) in [7, 11) is 4.11. The molecule has 12 rings (SSSR count). The number of benzene rings is 4. The van der Waals surface area contributed by atoms with Gasteiger partial charge in [-0.25, -0.2) is 29.5 Å². The normalized spacial score (nSPS) is 16.6. The van der Waals surface area contributed by atoms with E-state index >= 15 is 0 Å². The number of aliphatic carboxylic acids is 1. The highest BCUT2D eigenvalue weighted by Gasteiger charge is 2.36. The number of carboxylic acids is 1. The molecule has 88 heavy (non-hydrogen) atoms. The van der Waals surface area contributed by atoms with Crippen LogP contribution in [-0.2, 0) is 14.3 Å². The first-order valence-electron chi connectivity index (χ1n) is 29.5. The number of anilines is 2. The molecule has 2 aliphatic carbocycles. The first-order chi connectivity index (χ1) is 42.5. The zero-order valence-electron chi connectivity index (χ0n) is 50.1. The second kappa shape index (κ2) is 27.1. The number of rotatable bonds is 16. The molecule has 6 heterocycles. The van der Waals surface area contributed by atoms with Gasteiger partial charge >= 0.3 is 12.1 Å². The highest BCUT2D eigenvalue weighted by Crippen LogP contribution is 2.43. The minimum atomic E-state index is -0.866.